The molecule has 0 unspecified atom stereocenters. The molecule has 2 rings (SSSR count). The maximum absolute atomic E-state index is 11.6. The van der Waals surface area contributed by atoms with Crippen molar-refractivity contribution in [1.82, 2.24) is 9.55 Å². The van der Waals surface area contributed by atoms with Crippen molar-refractivity contribution >= 4 is 5.69 Å². The summed E-state index contributed by atoms with van der Waals surface area (Å²) in [7, 11) is 1.66. The minimum absolute atomic E-state index is 0. The van der Waals surface area contributed by atoms with Crippen LogP contribution in [0.3, 0.4) is 0 Å². The number of aryl methyl sites for hydroxylation is 1. The van der Waals surface area contributed by atoms with E-state index in [2.05, 4.69) is 15.9 Å². The Kier molecular flexibility index (Phi) is 4.95. The van der Waals surface area contributed by atoms with Gasteiger partial charge in [-0.3, -0.25) is 4.98 Å². The Morgan fingerprint density at radius 3 is 2.50 bits per heavy atom. The SMILES string of the molecule is [C-]#[N+]c1ccc(-c2nc(C)[c-]c(=O)n2C)cc1.[Y]. The zero-order chi connectivity index (χ0) is 12.4. The van der Waals surface area contributed by atoms with E-state index in [1.807, 2.05) is 0 Å². The predicted octanol–water partition coefficient (Wildman–Crippen LogP) is 2.10. The third kappa shape index (κ3) is 2.92. The maximum Gasteiger partial charge on any atom is 0.187 e. The quantitative estimate of drug-likeness (QED) is 0.757. The number of aromatic nitrogens is 2. The van der Waals surface area contributed by atoms with Gasteiger partial charge in [0, 0.05) is 45.3 Å². The van der Waals surface area contributed by atoms with Gasteiger partial charge in [-0.05, 0) is 0 Å². The van der Waals surface area contributed by atoms with Gasteiger partial charge in [0.15, 0.2) is 5.69 Å². The van der Waals surface area contributed by atoms with E-state index < -0.39 is 0 Å². The first-order valence-electron chi connectivity index (χ1n) is 5.06. The van der Waals surface area contributed by atoms with Crippen LogP contribution in [-0.2, 0) is 39.8 Å². The van der Waals surface area contributed by atoms with Crippen molar-refractivity contribution in [2.24, 2.45) is 7.05 Å². The average molecular weight is 313 g/mol. The largest absolute Gasteiger partial charge is 0.381 e. The van der Waals surface area contributed by atoms with Gasteiger partial charge in [-0.1, -0.05) is 31.2 Å². The summed E-state index contributed by atoms with van der Waals surface area (Å²) in [5.41, 5.74) is 1.74. The molecule has 0 saturated heterocycles. The first-order chi connectivity index (χ1) is 8.11. The van der Waals surface area contributed by atoms with E-state index >= 15 is 0 Å². The summed E-state index contributed by atoms with van der Waals surface area (Å²) in [6, 6.07) is 9.61. The molecule has 0 fully saturated rings. The summed E-state index contributed by atoms with van der Waals surface area (Å²) in [6.07, 6.45) is 0. The van der Waals surface area contributed by atoms with Gasteiger partial charge in [-0.2, -0.15) is 0 Å². The Morgan fingerprint density at radius 1 is 1.33 bits per heavy atom. The normalized spacial score (nSPS) is 9.39. The Hall–Kier alpha value is -1.31. The molecule has 1 aromatic heterocycles. The van der Waals surface area contributed by atoms with E-state index in [0.29, 0.717) is 17.2 Å². The summed E-state index contributed by atoms with van der Waals surface area (Å²) < 4.78 is 1.44. The van der Waals surface area contributed by atoms with Crippen LogP contribution in [-0.4, -0.2) is 9.55 Å². The fraction of sp³-hybridized carbons (Fsp3) is 0.154. The first kappa shape index (κ1) is 14.8. The van der Waals surface area contributed by atoms with Crippen LogP contribution in [0.4, 0.5) is 5.69 Å². The van der Waals surface area contributed by atoms with E-state index in [0.717, 1.165) is 5.56 Å². The number of nitrogens with zero attached hydrogens (tertiary/aromatic N) is 3. The fourth-order valence-corrected chi connectivity index (χ4v) is 1.54. The van der Waals surface area contributed by atoms with E-state index in [1.54, 1.807) is 38.2 Å². The summed E-state index contributed by atoms with van der Waals surface area (Å²) in [5, 5.41) is 0. The second kappa shape index (κ2) is 6.04. The minimum Gasteiger partial charge on any atom is -0.381 e. The second-order valence-electron chi connectivity index (χ2n) is 3.67. The maximum atomic E-state index is 11.6. The van der Waals surface area contributed by atoms with Crippen LogP contribution >= 0.6 is 0 Å². The Balaban J connectivity index is 0.00000162. The monoisotopic (exact) mass is 313 g/mol. The molecule has 0 amide bonds. The molecule has 1 radical (unpaired) electrons. The first-order valence-corrected chi connectivity index (χ1v) is 5.06. The standard InChI is InChI=1S/C13H10N3O.Y/c1-9-8-12(17)16(3)13(15-9)10-4-6-11(14-2)7-5-10;/h4-7H,1,3H3;/q-1;. The van der Waals surface area contributed by atoms with Crippen molar-refractivity contribution in [2.75, 3.05) is 0 Å². The zero-order valence-corrected chi connectivity index (χ0v) is 13.0. The zero-order valence-electron chi connectivity index (χ0n) is 10.1. The van der Waals surface area contributed by atoms with Crippen LogP contribution in [0.1, 0.15) is 5.69 Å². The second-order valence-corrected chi connectivity index (χ2v) is 3.67. The third-order valence-electron chi connectivity index (χ3n) is 2.44. The van der Waals surface area contributed by atoms with Gasteiger partial charge in [0.05, 0.1) is 12.1 Å². The Morgan fingerprint density at radius 2 is 1.94 bits per heavy atom. The molecule has 0 saturated carbocycles. The molecular weight excluding hydrogens is 303 g/mol. The molecule has 87 valence electrons. The molecule has 18 heavy (non-hydrogen) atoms. The predicted molar refractivity (Wildman–Crippen MR) is 64.7 cm³/mol. The van der Waals surface area contributed by atoms with Crippen LogP contribution in [0.15, 0.2) is 29.1 Å². The number of hydrogen-bond acceptors (Lipinski definition) is 2. The molecule has 0 spiro atoms. The molecule has 0 aliphatic heterocycles. The van der Waals surface area contributed by atoms with Crippen molar-refractivity contribution < 1.29 is 32.7 Å². The van der Waals surface area contributed by atoms with Crippen molar-refractivity contribution in [3.8, 4) is 11.4 Å². The van der Waals surface area contributed by atoms with Gasteiger partial charge in [0.2, 0.25) is 0 Å². The van der Waals surface area contributed by atoms with Gasteiger partial charge in [0.1, 0.15) is 5.82 Å². The molecule has 1 heterocycles. The number of hydrogen-bond donors (Lipinski definition) is 0. The Labute approximate surface area is 130 Å². The van der Waals surface area contributed by atoms with Crippen LogP contribution in [0.2, 0.25) is 0 Å². The number of benzene rings is 1. The molecule has 0 bridgehead atoms. The molecule has 5 heteroatoms. The molecule has 0 atom stereocenters. The minimum atomic E-state index is -0.207. The topological polar surface area (TPSA) is 39.2 Å². The smallest absolute Gasteiger partial charge is 0.187 e. The van der Waals surface area contributed by atoms with E-state index in [1.165, 1.54) is 4.57 Å². The van der Waals surface area contributed by atoms with Gasteiger partial charge in [-0.25, -0.2) is 4.85 Å². The molecule has 1 aromatic carbocycles. The summed E-state index contributed by atoms with van der Waals surface area (Å²) in [6.45, 7) is 8.61. The van der Waals surface area contributed by atoms with Crippen molar-refractivity contribution in [1.29, 1.82) is 0 Å². The van der Waals surface area contributed by atoms with Gasteiger partial charge >= 0.3 is 0 Å². The van der Waals surface area contributed by atoms with Crippen LogP contribution in [0, 0.1) is 19.6 Å². The van der Waals surface area contributed by atoms with Gasteiger partial charge in [0.25, 0.3) is 0 Å². The molecule has 0 N–H and O–H groups in total. The van der Waals surface area contributed by atoms with Crippen LogP contribution in [0.5, 0.6) is 0 Å². The molecule has 4 nitrogen and oxygen atoms in total. The van der Waals surface area contributed by atoms with Crippen molar-refractivity contribution in [2.45, 2.75) is 6.92 Å². The number of rotatable bonds is 1. The van der Waals surface area contributed by atoms with Crippen molar-refractivity contribution in [3.63, 3.8) is 0 Å². The Bertz CT molecular complexity index is 653. The molecule has 2 aromatic rings. The van der Waals surface area contributed by atoms with Gasteiger partial charge < -0.3 is 15.4 Å². The summed E-state index contributed by atoms with van der Waals surface area (Å²) in [5.74, 6) is 0.586. The third-order valence-corrected chi connectivity index (χ3v) is 2.44. The van der Waals surface area contributed by atoms with Gasteiger partial charge in [-0.15, -0.1) is 5.69 Å². The molecule has 0 aliphatic rings. The fourth-order valence-electron chi connectivity index (χ4n) is 1.54. The van der Waals surface area contributed by atoms with E-state index in [9.17, 15) is 4.79 Å². The average Bonchev–Trinajstić information content (AvgIpc) is 2.34. The van der Waals surface area contributed by atoms with Crippen LogP contribution < -0.4 is 5.56 Å². The molecular formula is C13H10N3OY-. The molecule has 0 aliphatic carbocycles. The summed E-state index contributed by atoms with van der Waals surface area (Å²) >= 11 is 0. The van der Waals surface area contributed by atoms with Crippen LogP contribution in [0.25, 0.3) is 16.2 Å². The van der Waals surface area contributed by atoms with Crippen molar-refractivity contribution in [3.05, 3.63) is 57.8 Å². The van der Waals surface area contributed by atoms with E-state index in [4.69, 9.17) is 6.57 Å². The van der Waals surface area contributed by atoms with E-state index in [-0.39, 0.29) is 38.3 Å². The summed E-state index contributed by atoms with van der Waals surface area (Å²) in [4.78, 5) is 19.2.